The number of rotatable bonds is 4. The van der Waals surface area contributed by atoms with Crippen LogP contribution in [0.25, 0.3) is 0 Å². The molecule has 86 valence electrons. The maximum absolute atomic E-state index is 5.75. The van der Waals surface area contributed by atoms with E-state index in [4.69, 9.17) is 5.73 Å². The highest BCUT2D eigenvalue weighted by atomic mass is 127. The number of halogens is 1. The van der Waals surface area contributed by atoms with E-state index >= 15 is 0 Å². The average Bonchev–Trinajstić information content (AvgIpc) is 2.67. The molecule has 0 aliphatic carbocycles. The SMILES string of the molecule is CCN=C(N)N(C)CCc1cccs1.I. The minimum Gasteiger partial charge on any atom is -0.370 e. The van der Waals surface area contributed by atoms with Crippen LogP contribution < -0.4 is 5.73 Å². The monoisotopic (exact) mass is 339 g/mol. The summed E-state index contributed by atoms with van der Waals surface area (Å²) in [4.78, 5) is 7.53. The van der Waals surface area contributed by atoms with Gasteiger partial charge in [0.25, 0.3) is 0 Å². The van der Waals surface area contributed by atoms with Gasteiger partial charge in [0.05, 0.1) is 0 Å². The highest BCUT2D eigenvalue weighted by Crippen LogP contribution is 2.09. The predicted molar refractivity (Wildman–Crippen MR) is 78.2 cm³/mol. The molecule has 3 nitrogen and oxygen atoms in total. The number of nitrogens with zero attached hydrogens (tertiary/aromatic N) is 2. The largest absolute Gasteiger partial charge is 0.370 e. The molecule has 1 rings (SSSR count). The Kier molecular flexibility index (Phi) is 7.76. The van der Waals surface area contributed by atoms with Gasteiger partial charge in [-0.3, -0.25) is 4.99 Å². The van der Waals surface area contributed by atoms with E-state index in [1.165, 1.54) is 4.88 Å². The number of aliphatic imine (C=N–C) groups is 1. The molecule has 0 aliphatic rings. The maximum atomic E-state index is 5.75. The van der Waals surface area contributed by atoms with Crippen LogP contribution in [0.2, 0.25) is 0 Å². The lowest BCUT2D eigenvalue weighted by Gasteiger charge is -2.17. The predicted octanol–water partition coefficient (Wildman–Crippen LogP) is 2.18. The zero-order valence-corrected chi connectivity index (χ0v) is 12.3. The number of hydrogen-bond donors (Lipinski definition) is 1. The minimum absolute atomic E-state index is 0. The van der Waals surface area contributed by atoms with Gasteiger partial charge < -0.3 is 10.6 Å². The van der Waals surface area contributed by atoms with E-state index in [0.29, 0.717) is 5.96 Å². The molecule has 0 amide bonds. The summed E-state index contributed by atoms with van der Waals surface area (Å²) in [5, 5.41) is 2.10. The number of likely N-dealkylation sites (N-methyl/N-ethyl adjacent to an activating group) is 1. The van der Waals surface area contributed by atoms with E-state index in [1.54, 1.807) is 11.3 Å². The molecular weight excluding hydrogens is 321 g/mol. The van der Waals surface area contributed by atoms with E-state index < -0.39 is 0 Å². The molecule has 0 spiro atoms. The standard InChI is InChI=1S/C10H17N3S.HI/c1-3-12-10(11)13(2)7-6-9-5-4-8-14-9;/h4-5,8H,3,6-7H2,1-2H3,(H2,11,12);1H. The van der Waals surface area contributed by atoms with Crippen molar-refractivity contribution in [3.8, 4) is 0 Å². The molecule has 0 bridgehead atoms. The Morgan fingerprint density at radius 2 is 2.33 bits per heavy atom. The summed E-state index contributed by atoms with van der Waals surface area (Å²) < 4.78 is 0. The highest BCUT2D eigenvalue weighted by molar-refractivity contribution is 14.0. The van der Waals surface area contributed by atoms with Crippen molar-refractivity contribution in [3.63, 3.8) is 0 Å². The van der Waals surface area contributed by atoms with Crippen LogP contribution in [0.15, 0.2) is 22.5 Å². The Balaban J connectivity index is 0.00000196. The van der Waals surface area contributed by atoms with Crippen molar-refractivity contribution >= 4 is 41.3 Å². The van der Waals surface area contributed by atoms with Crippen LogP contribution in [0, 0.1) is 0 Å². The van der Waals surface area contributed by atoms with Crippen LogP contribution in [0.3, 0.4) is 0 Å². The maximum Gasteiger partial charge on any atom is 0.190 e. The molecule has 0 aromatic carbocycles. The average molecular weight is 339 g/mol. The molecule has 0 unspecified atom stereocenters. The third-order valence-electron chi connectivity index (χ3n) is 1.98. The van der Waals surface area contributed by atoms with Crippen LogP contribution in [0.5, 0.6) is 0 Å². The number of guanidine groups is 1. The summed E-state index contributed by atoms with van der Waals surface area (Å²) in [6.07, 6.45) is 1.04. The van der Waals surface area contributed by atoms with Crippen molar-refractivity contribution in [1.82, 2.24) is 4.90 Å². The van der Waals surface area contributed by atoms with Gasteiger partial charge in [-0.25, -0.2) is 0 Å². The summed E-state index contributed by atoms with van der Waals surface area (Å²) in [6, 6.07) is 4.22. The van der Waals surface area contributed by atoms with Gasteiger partial charge in [-0.15, -0.1) is 35.3 Å². The summed E-state index contributed by atoms with van der Waals surface area (Å²) in [5.74, 6) is 0.629. The summed E-state index contributed by atoms with van der Waals surface area (Å²) in [7, 11) is 1.97. The Morgan fingerprint density at radius 1 is 1.60 bits per heavy atom. The molecule has 0 radical (unpaired) electrons. The zero-order chi connectivity index (χ0) is 10.4. The molecule has 15 heavy (non-hydrogen) atoms. The van der Waals surface area contributed by atoms with Gasteiger partial charge in [0.1, 0.15) is 0 Å². The zero-order valence-electron chi connectivity index (χ0n) is 9.14. The van der Waals surface area contributed by atoms with Gasteiger partial charge in [0.2, 0.25) is 0 Å². The number of nitrogens with two attached hydrogens (primary N) is 1. The second-order valence-electron chi connectivity index (χ2n) is 3.08. The third-order valence-corrected chi connectivity index (χ3v) is 2.92. The Hall–Kier alpha value is -0.300. The van der Waals surface area contributed by atoms with Crippen LogP contribution >= 0.6 is 35.3 Å². The van der Waals surface area contributed by atoms with Crippen LogP contribution in [0.1, 0.15) is 11.8 Å². The lowest BCUT2D eigenvalue weighted by molar-refractivity contribution is 0.502. The first-order chi connectivity index (χ1) is 6.74. The second-order valence-corrected chi connectivity index (χ2v) is 4.12. The molecule has 0 saturated carbocycles. The number of thiophene rings is 1. The molecule has 0 atom stereocenters. The van der Waals surface area contributed by atoms with Gasteiger partial charge in [0, 0.05) is 25.0 Å². The smallest absolute Gasteiger partial charge is 0.190 e. The van der Waals surface area contributed by atoms with Crippen molar-refractivity contribution in [2.75, 3.05) is 20.1 Å². The topological polar surface area (TPSA) is 41.6 Å². The quantitative estimate of drug-likeness (QED) is 0.519. The molecule has 1 heterocycles. The lowest BCUT2D eigenvalue weighted by Crippen LogP contribution is -2.35. The highest BCUT2D eigenvalue weighted by Gasteiger charge is 2.01. The van der Waals surface area contributed by atoms with E-state index in [0.717, 1.165) is 19.5 Å². The Labute approximate surface area is 112 Å². The Morgan fingerprint density at radius 3 is 2.87 bits per heavy atom. The summed E-state index contributed by atoms with van der Waals surface area (Å²) in [5.41, 5.74) is 5.75. The van der Waals surface area contributed by atoms with E-state index in [-0.39, 0.29) is 24.0 Å². The molecule has 1 aromatic heterocycles. The van der Waals surface area contributed by atoms with Gasteiger partial charge in [0.15, 0.2) is 5.96 Å². The lowest BCUT2D eigenvalue weighted by atomic mass is 10.3. The van der Waals surface area contributed by atoms with Gasteiger partial charge in [-0.1, -0.05) is 6.07 Å². The normalized spacial score (nSPS) is 10.9. The molecule has 2 N–H and O–H groups in total. The fourth-order valence-electron chi connectivity index (χ4n) is 1.13. The molecule has 5 heteroatoms. The van der Waals surface area contributed by atoms with Crippen LogP contribution in [-0.4, -0.2) is 31.0 Å². The fourth-order valence-corrected chi connectivity index (χ4v) is 1.83. The molecular formula is C10H18IN3S. The first kappa shape index (κ1) is 14.7. The van der Waals surface area contributed by atoms with Crippen molar-refractivity contribution in [1.29, 1.82) is 0 Å². The fraction of sp³-hybridized carbons (Fsp3) is 0.500. The van der Waals surface area contributed by atoms with E-state index in [9.17, 15) is 0 Å². The van der Waals surface area contributed by atoms with Gasteiger partial charge >= 0.3 is 0 Å². The summed E-state index contributed by atoms with van der Waals surface area (Å²) in [6.45, 7) is 3.66. The Bertz CT molecular complexity index is 285. The van der Waals surface area contributed by atoms with Gasteiger partial charge in [-0.05, 0) is 24.8 Å². The van der Waals surface area contributed by atoms with E-state index in [1.807, 2.05) is 18.9 Å². The van der Waals surface area contributed by atoms with Crippen molar-refractivity contribution in [3.05, 3.63) is 22.4 Å². The van der Waals surface area contributed by atoms with Gasteiger partial charge in [-0.2, -0.15) is 0 Å². The third kappa shape index (κ3) is 5.36. The first-order valence-corrected chi connectivity index (χ1v) is 5.65. The van der Waals surface area contributed by atoms with Crippen LogP contribution in [-0.2, 0) is 6.42 Å². The van der Waals surface area contributed by atoms with Crippen molar-refractivity contribution in [2.45, 2.75) is 13.3 Å². The molecule has 0 fully saturated rings. The number of hydrogen-bond acceptors (Lipinski definition) is 2. The molecule has 1 aromatic rings. The minimum atomic E-state index is 0. The summed E-state index contributed by atoms with van der Waals surface area (Å²) >= 11 is 1.78. The first-order valence-electron chi connectivity index (χ1n) is 4.77. The molecule has 0 aliphatic heterocycles. The van der Waals surface area contributed by atoms with Crippen molar-refractivity contribution in [2.24, 2.45) is 10.7 Å². The van der Waals surface area contributed by atoms with Crippen LogP contribution in [0.4, 0.5) is 0 Å². The van der Waals surface area contributed by atoms with Crippen molar-refractivity contribution < 1.29 is 0 Å². The molecule has 0 saturated heterocycles. The van der Waals surface area contributed by atoms with E-state index in [2.05, 4.69) is 22.5 Å². The second kappa shape index (κ2) is 7.92.